The Morgan fingerprint density at radius 3 is 2.67 bits per heavy atom. The zero-order chi connectivity index (χ0) is 21.9. The number of carbonyl (C=O) groups is 2. The number of amides is 2. The molecule has 0 atom stereocenters. The summed E-state index contributed by atoms with van der Waals surface area (Å²) in [4.78, 5) is 28.0. The molecule has 0 aliphatic carbocycles. The molecule has 0 unspecified atom stereocenters. The highest BCUT2D eigenvalue weighted by Crippen LogP contribution is 2.36. The number of nitrogens with one attached hydrogen (secondary N) is 1. The van der Waals surface area contributed by atoms with Crippen molar-refractivity contribution >= 4 is 34.8 Å². The molecule has 1 aliphatic rings. The summed E-state index contributed by atoms with van der Waals surface area (Å²) in [5.74, 6) is -0.853. The number of hydrogen-bond acceptors (Lipinski definition) is 3. The van der Waals surface area contributed by atoms with Crippen LogP contribution in [0.4, 0.5) is 24.5 Å². The highest BCUT2D eigenvalue weighted by molar-refractivity contribution is 6.31. The largest absolute Gasteiger partial charge is 0.417 e. The number of carbonyl (C=O) groups excluding carboxylic acids is 2. The topological polar surface area (TPSA) is 52.7 Å². The fourth-order valence-electron chi connectivity index (χ4n) is 3.38. The minimum Gasteiger partial charge on any atom is -0.362 e. The van der Waals surface area contributed by atoms with Crippen LogP contribution >= 0.6 is 11.6 Å². The molecule has 3 rings (SSSR count). The molecule has 0 saturated carbocycles. The first-order chi connectivity index (χ1) is 14.1. The van der Waals surface area contributed by atoms with Crippen LogP contribution in [0.3, 0.4) is 0 Å². The molecule has 0 bridgehead atoms. The zero-order valence-corrected chi connectivity index (χ0v) is 17.1. The third-order valence-corrected chi connectivity index (χ3v) is 5.22. The minimum absolute atomic E-state index is 0.0393. The smallest absolute Gasteiger partial charge is 0.362 e. The Labute approximate surface area is 177 Å². The van der Waals surface area contributed by atoms with Crippen molar-refractivity contribution in [2.75, 3.05) is 36.9 Å². The molecule has 2 aromatic rings. The molecule has 0 aromatic heterocycles. The van der Waals surface area contributed by atoms with Gasteiger partial charge in [0.1, 0.15) is 0 Å². The van der Waals surface area contributed by atoms with E-state index in [4.69, 9.17) is 11.6 Å². The Hall–Kier alpha value is -2.74. The van der Waals surface area contributed by atoms with Crippen LogP contribution in [0, 0.1) is 0 Å². The number of benzene rings is 2. The lowest BCUT2D eigenvalue weighted by atomic mass is 10.0. The lowest BCUT2D eigenvalue weighted by molar-refractivity contribution is -0.137. The molecule has 30 heavy (non-hydrogen) atoms. The molecule has 1 N–H and O–H groups in total. The molecular weight excluding hydrogens is 419 g/mol. The van der Waals surface area contributed by atoms with Gasteiger partial charge in [0, 0.05) is 25.0 Å². The second-order valence-electron chi connectivity index (χ2n) is 7.14. The highest BCUT2D eigenvalue weighted by Gasteiger charge is 2.33. The van der Waals surface area contributed by atoms with E-state index >= 15 is 0 Å². The quantitative estimate of drug-likeness (QED) is 0.759. The van der Waals surface area contributed by atoms with Crippen molar-refractivity contribution < 1.29 is 22.8 Å². The fraction of sp³-hybridized carbons (Fsp3) is 0.333. The zero-order valence-electron chi connectivity index (χ0n) is 16.3. The number of alkyl halides is 3. The van der Waals surface area contributed by atoms with Crippen LogP contribution in [0.5, 0.6) is 0 Å². The molecule has 0 spiro atoms. The standard InChI is InChI=1S/C21H21ClF3N3O2/c1-27(20(30)13-28-10-4-6-14-5-2-3-7-18(14)28)12-19(29)26-15-8-9-17(22)16(11-15)21(23,24)25/h2-3,5,7-9,11H,4,6,10,12-13H2,1H3,(H,26,29). The third kappa shape index (κ3) is 5.24. The van der Waals surface area contributed by atoms with Gasteiger partial charge < -0.3 is 15.1 Å². The number of hydrogen-bond donors (Lipinski definition) is 1. The minimum atomic E-state index is -4.63. The van der Waals surface area contributed by atoms with E-state index in [-0.39, 0.29) is 24.7 Å². The number of anilines is 2. The molecular formula is C21H21ClF3N3O2. The van der Waals surface area contributed by atoms with Crippen molar-refractivity contribution in [2.45, 2.75) is 19.0 Å². The van der Waals surface area contributed by atoms with Crippen LogP contribution in [0.2, 0.25) is 5.02 Å². The van der Waals surface area contributed by atoms with Gasteiger partial charge in [-0.25, -0.2) is 0 Å². The van der Waals surface area contributed by atoms with E-state index < -0.39 is 22.7 Å². The molecule has 0 saturated heterocycles. The predicted molar refractivity (Wildman–Crippen MR) is 110 cm³/mol. The van der Waals surface area contributed by atoms with Crippen molar-refractivity contribution in [3.05, 3.63) is 58.6 Å². The first kappa shape index (κ1) is 22.0. The normalized spacial score (nSPS) is 13.6. The van der Waals surface area contributed by atoms with Crippen molar-refractivity contribution in [1.29, 1.82) is 0 Å². The first-order valence-electron chi connectivity index (χ1n) is 9.38. The second kappa shape index (κ2) is 8.95. The van der Waals surface area contributed by atoms with Gasteiger partial charge in [0.05, 0.1) is 23.7 Å². The van der Waals surface area contributed by atoms with E-state index in [0.717, 1.165) is 37.2 Å². The van der Waals surface area contributed by atoms with Gasteiger partial charge in [0.25, 0.3) is 0 Å². The maximum Gasteiger partial charge on any atom is 0.417 e. The van der Waals surface area contributed by atoms with Crippen LogP contribution in [0.25, 0.3) is 0 Å². The average molecular weight is 440 g/mol. The number of fused-ring (bicyclic) bond motifs is 1. The number of halogens is 4. The van der Waals surface area contributed by atoms with Crippen molar-refractivity contribution in [1.82, 2.24) is 4.90 Å². The van der Waals surface area contributed by atoms with E-state index in [2.05, 4.69) is 5.32 Å². The summed E-state index contributed by atoms with van der Waals surface area (Å²) in [7, 11) is 1.49. The number of rotatable bonds is 5. The Kier molecular flexibility index (Phi) is 6.55. The Balaban J connectivity index is 1.59. The van der Waals surface area contributed by atoms with Crippen molar-refractivity contribution in [3.8, 4) is 0 Å². The van der Waals surface area contributed by atoms with Gasteiger partial charge in [0.2, 0.25) is 11.8 Å². The lowest BCUT2D eigenvalue weighted by Crippen LogP contribution is -2.43. The third-order valence-electron chi connectivity index (χ3n) is 4.89. The van der Waals surface area contributed by atoms with E-state index in [1.165, 1.54) is 23.6 Å². The Bertz CT molecular complexity index is 949. The molecule has 2 amide bonds. The van der Waals surface area contributed by atoms with E-state index in [1.807, 2.05) is 29.2 Å². The van der Waals surface area contributed by atoms with Crippen LogP contribution in [0.1, 0.15) is 17.5 Å². The first-order valence-corrected chi connectivity index (χ1v) is 9.76. The van der Waals surface area contributed by atoms with Crippen LogP contribution < -0.4 is 10.2 Å². The second-order valence-corrected chi connectivity index (χ2v) is 7.55. The van der Waals surface area contributed by atoms with Gasteiger partial charge in [-0.05, 0) is 42.7 Å². The molecule has 9 heteroatoms. The summed E-state index contributed by atoms with van der Waals surface area (Å²) in [5.41, 5.74) is 1.12. The molecule has 160 valence electrons. The van der Waals surface area contributed by atoms with Crippen molar-refractivity contribution in [2.24, 2.45) is 0 Å². The van der Waals surface area contributed by atoms with Gasteiger partial charge in [0.15, 0.2) is 0 Å². The molecule has 1 aliphatic heterocycles. The average Bonchev–Trinajstić information content (AvgIpc) is 2.68. The summed E-state index contributed by atoms with van der Waals surface area (Å²) in [6.45, 7) is 0.589. The molecule has 2 aromatic carbocycles. The van der Waals surface area contributed by atoms with Gasteiger partial charge in [-0.15, -0.1) is 0 Å². The maximum absolute atomic E-state index is 13.0. The monoisotopic (exact) mass is 439 g/mol. The van der Waals surface area contributed by atoms with E-state index in [9.17, 15) is 22.8 Å². The number of para-hydroxylation sites is 1. The summed E-state index contributed by atoms with van der Waals surface area (Å²) in [6.07, 6.45) is -2.73. The van der Waals surface area contributed by atoms with Gasteiger partial charge in [-0.3, -0.25) is 9.59 Å². The van der Waals surface area contributed by atoms with Gasteiger partial charge >= 0.3 is 6.18 Å². The van der Waals surface area contributed by atoms with E-state index in [0.29, 0.717) is 0 Å². The molecule has 0 fully saturated rings. The maximum atomic E-state index is 13.0. The molecule has 1 heterocycles. The number of aryl methyl sites for hydroxylation is 1. The van der Waals surface area contributed by atoms with Gasteiger partial charge in [-0.2, -0.15) is 13.2 Å². The van der Waals surface area contributed by atoms with Crippen LogP contribution in [-0.4, -0.2) is 43.4 Å². The Morgan fingerprint density at radius 2 is 1.93 bits per heavy atom. The predicted octanol–water partition coefficient (Wildman–Crippen LogP) is 4.21. The summed E-state index contributed by atoms with van der Waals surface area (Å²) in [6, 6.07) is 11.0. The number of likely N-dealkylation sites (N-methyl/N-ethyl adjacent to an activating group) is 1. The summed E-state index contributed by atoms with van der Waals surface area (Å²) >= 11 is 5.58. The van der Waals surface area contributed by atoms with Crippen LogP contribution in [-0.2, 0) is 22.2 Å². The highest BCUT2D eigenvalue weighted by atomic mass is 35.5. The summed E-state index contributed by atoms with van der Waals surface area (Å²) < 4.78 is 38.9. The SMILES string of the molecule is CN(CC(=O)Nc1ccc(Cl)c(C(F)(F)F)c1)C(=O)CN1CCCc2ccccc21. The Morgan fingerprint density at radius 1 is 1.20 bits per heavy atom. The fourth-order valence-corrected chi connectivity index (χ4v) is 3.61. The molecule has 0 radical (unpaired) electrons. The van der Waals surface area contributed by atoms with Crippen LogP contribution in [0.15, 0.2) is 42.5 Å². The van der Waals surface area contributed by atoms with Crippen molar-refractivity contribution in [3.63, 3.8) is 0 Å². The lowest BCUT2D eigenvalue weighted by Gasteiger charge is -2.32. The van der Waals surface area contributed by atoms with E-state index in [1.54, 1.807) is 0 Å². The summed E-state index contributed by atoms with van der Waals surface area (Å²) in [5, 5.41) is 1.93. The molecule has 5 nitrogen and oxygen atoms in total. The number of nitrogens with zero attached hydrogens (tertiary/aromatic N) is 2. The van der Waals surface area contributed by atoms with Gasteiger partial charge in [-0.1, -0.05) is 29.8 Å².